The Bertz CT molecular complexity index is 892. The van der Waals surface area contributed by atoms with E-state index in [1.54, 1.807) is 36.4 Å². The third-order valence-electron chi connectivity index (χ3n) is 4.36. The van der Waals surface area contributed by atoms with E-state index in [9.17, 15) is 14.9 Å². The quantitative estimate of drug-likeness (QED) is 0.436. The van der Waals surface area contributed by atoms with Crippen molar-refractivity contribution in [2.24, 2.45) is 5.10 Å². The molecule has 3 rings (SSSR count). The number of nitrogens with zero attached hydrogens (tertiary/aromatic N) is 3. The Morgan fingerprint density at radius 3 is 2.66 bits per heavy atom. The molecule has 0 aromatic heterocycles. The molecule has 1 N–H and O–H groups in total. The average Bonchev–Trinajstić information content (AvgIpc) is 2.75. The molecule has 0 radical (unpaired) electrons. The topological polar surface area (TPSA) is 106 Å². The number of carbonyl (C=O) groups is 1. The summed E-state index contributed by atoms with van der Waals surface area (Å²) in [6.07, 6.45) is 1.38. The minimum atomic E-state index is -0.416. The predicted molar refractivity (Wildman–Crippen MR) is 109 cm³/mol. The normalized spacial score (nSPS) is 14.0. The van der Waals surface area contributed by atoms with E-state index >= 15 is 0 Å². The second-order valence-corrected chi connectivity index (χ2v) is 6.26. The number of carbonyl (C=O) groups excluding carboxylic acids is 1. The van der Waals surface area contributed by atoms with Gasteiger partial charge in [-0.1, -0.05) is 6.07 Å². The van der Waals surface area contributed by atoms with E-state index in [0.717, 1.165) is 0 Å². The zero-order valence-corrected chi connectivity index (χ0v) is 16.0. The number of amides is 1. The highest BCUT2D eigenvalue weighted by molar-refractivity contribution is 5.95. The fourth-order valence-electron chi connectivity index (χ4n) is 2.94. The lowest BCUT2D eigenvalue weighted by molar-refractivity contribution is -0.384. The third-order valence-corrected chi connectivity index (χ3v) is 4.36. The number of nitro benzene ring substituents is 1. The van der Waals surface area contributed by atoms with Gasteiger partial charge in [-0.25, -0.2) is 5.43 Å². The first-order valence-corrected chi connectivity index (χ1v) is 9.26. The molecule has 9 heteroatoms. The molecule has 0 saturated carbocycles. The van der Waals surface area contributed by atoms with Crippen molar-refractivity contribution in [3.05, 3.63) is 63.7 Å². The van der Waals surface area contributed by atoms with Crippen LogP contribution in [0, 0.1) is 10.1 Å². The molecular weight excluding hydrogens is 376 g/mol. The SMILES string of the molecule is CCOc1ccc(C(=O)N/N=C\c2ccc(N3CCOCC3)c([N+](=O)[O-])c2)cc1. The van der Waals surface area contributed by atoms with Crippen molar-refractivity contribution in [1.29, 1.82) is 0 Å². The Labute approximate surface area is 168 Å². The predicted octanol–water partition coefficient (Wildman–Crippen LogP) is 2.59. The Morgan fingerprint density at radius 1 is 1.28 bits per heavy atom. The molecule has 2 aromatic rings. The lowest BCUT2D eigenvalue weighted by atomic mass is 10.1. The minimum absolute atomic E-state index is 0.00584. The van der Waals surface area contributed by atoms with Crippen LogP contribution in [0.15, 0.2) is 47.6 Å². The van der Waals surface area contributed by atoms with E-state index < -0.39 is 4.92 Å². The van der Waals surface area contributed by atoms with Crippen LogP contribution in [-0.2, 0) is 4.74 Å². The third kappa shape index (κ3) is 5.29. The van der Waals surface area contributed by atoms with E-state index in [-0.39, 0.29) is 11.6 Å². The van der Waals surface area contributed by atoms with Crippen molar-refractivity contribution < 1.29 is 19.2 Å². The summed E-state index contributed by atoms with van der Waals surface area (Å²) in [6.45, 7) is 4.72. The van der Waals surface area contributed by atoms with E-state index in [2.05, 4.69) is 10.5 Å². The lowest BCUT2D eigenvalue weighted by Gasteiger charge is -2.28. The summed E-state index contributed by atoms with van der Waals surface area (Å²) in [5.41, 5.74) is 3.91. The molecule has 29 heavy (non-hydrogen) atoms. The summed E-state index contributed by atoms with van der Waals surface area (Å²) in [7, 11) is 0. The van der Waals surface area contributed by atoms with Gasteiger partial charge < -0.3 is 14.4 Å². The van der Waals surface area contributed by atoms with Gasteiger partial charge in [-0.05, 0) is 37.3 Å². The summed E-state index contributed by atoms with van der Waals surface area (Å²) in [5, 5.41) is 15.4. The van der Waals surface area contributed by atoms with Crippen molar-refractivity contribution >= 4 is 23.5 Å². The Morgan fingerprint density at radius 2 is 2.00 bits per heavy atom. The lowest BCUT2D eigenvalue weighted by Crippen LogP contribution is -2.36. The fourth-order valence-corrected chi connectivity index (χ4v) is 2.94. The van der Waals surface area contributed by atoms with Crippen molar-refractivity contribution in [2.45, 2.75) is 6.92 Å². The summed E-state index contributed by atoms with van der Waals surface area (Å²) in [4.78, 5) is 25.1. The molecule has 0 aliphatic carbocycles. The van der Waals surface area contributed by atoms with Crippen molar-refractivity contribution in [3.63, 3.8) is 0 Å². The smallest absolute Gasteiger partial charge is 0.293 e. The first-order valence-electron chi connectivity index (χ1n) is 9.26. The van der Waals surface area contributed by atoms with Crippen LogP contribution >= 0.6 is 0 Å². The Balaban J connectivity index is 1.67. The number of anilines is 1. The zero-order chi connectivity index (χ0) is 20.6. The number of hydrazone groups is 1. The second kappa shape index (κ2) is 9.65. The van der Waals surface area contributed by atoms with E-state index in [0.29, 0.717) is 55.5 Å². The van der Waals surface area contributed by atoms with Crippen LogP contribution in [0.3, 0.4) is 0 Å². The molecule has 2 aromatic carbocycles. The van der Waals surface area contributed by atoms with E-state index in [1.165, 1.54) is 12.3 Å². The maximum atomic E-state index is 12.1. The molecule has 0 atom stereocenters. The maximum absolute atomic E-state index is 12.1. The number of rotatable bonds is 7. The van der Waals surface area contributed by atoms with Crippen molar-refractivity contribution in [1.82, 2.24) is 5.43 Å². The average molecular weight is 398 g/mol. The molecule has 1 aliphatic rings. The van der Waals surface area contributed by atoms with Crippen LogP contribution in [0.5, 0.6) is 5.75 Å². The van der Waals surface area contributed by atoms with Gasteiger partial charge in [0.1, 0.15) is 11.4 Å². The summed E-state index contributed by atoms with van der Waals surface area (Å²) < 4.78 is 10.6. The van der Waals surface area contributed by atoms with Crippen LogP contribution in [-0.4, -0.2) is 50.0 Å². The Kier molecular flexibility index (Phi) is 6.75. The first-order chi connectivity index (χ1) is 14.1. The van der Waals surface area contributed by atoms with Crippen LogP contribution in [0.2, 0.25) is 0 Å². The molecule has 0 unspecified atom stereocenters. The van der Waals surface area contributed by atoms with Gasteiger partial charge in [-0.15, -0.1) is 0 Å². The summed E-state index contributed by atoms with van der Waals surface area (Å²) in [6, 6.07) is 11.5. The van der Waals surface area contributed by atoms with Gasteiger partial charge in [0.25, 0.3) is 11.6 Å². The molecule has 1 saturated heterocycles. The van der Waals surface area contributed by atoms with Crippen LogP contribution in [0.4, 0.5) is 11.4 Å². The fraction of sp³-hybridized carbons (Fsp3) is 0.300. The Hall–Kier alpha value is -3.46. The zero-order valence-electron chi connectivity index (χ0n) is 16.0. The number of morpholine rings is 1. The second-order valence-electron chi connectivity index (χ2n) is 6.26. The number of hydrogen-bond acceptors (Lipinski definition) is 7. The van der Waals surface area contributed by atoms with Gasteiger partial charge in [0, 0.05) is 30.3 Å². The molecule has 9 nitrogen and oxygen atoms in total. The molecule has 1 aliphatic heterocycles. The van der Waals surface area contributed by atoms with Gasteiger partial charge >= 0.3 is 0 Å². The summed E-state index contributed by atoms with van der Waals surface area (Å²) in [5.74, 6) is 0.295. The minimum Gasteiger partial charge on any atom is -0.494 e. The number of ether oxygens (including phenoxy) is 2. The number of nitro groups is 1. The molecule has 0 bridgehead atoms. The van der Waals surface area contributed by atoms with Gasteiger partial charge in [0.05, 0.1) is 31.0 Å². The number of hydrogen-bond donors (Lipinski definition) is 1. The molecule has 1 amide bonds. The highest BCUT2D eigenvalue weighted by Gasteiger charge is 2.21. The maximum Gasteiger partial charge on any atom is 0.293 e. The molecule has 0 spiro atoms. The molecular formula is C20H22N4O5. The van der Waals surface area contributed by atoms with Gasteiger partial charge in [0.2, 0.25) is 0 Å². The van der Waals surface area contributed by atoms with Crippen molar-refractivity contribution in [2.75, 3.05) is 37.8 Å². The molecule has 152 valence electrons. The van der Waals surface area contributed by atoms with Gasteiger partial charge in [-0.3, -0.25) is 14.9 Å². The van der Waals surface area contributed by atoms with Crippen LogP contribution in [0.25, 0.3) is 0 Å². The van der Waals surface area contributed by atoms with E-state index in [1.807, 2.05) is 11.8 Å². The number of benzene rings is 2. The molecule has 1 heterocycles. The number of nitrogens with one attached hydrogen (secondary N) is 1. The standard InChI is InChI=1S/C20H22N4O5/c1-2-29-17-6-4-16(5-7-17)20(25)22-21-14-15-3-8-18(19(13-15)24(26)27)23-9-11-28-12-10-23/h3-8,13-14H,2,9-12H2,1H3,(H,22,25)/b21-14-. The highest BCUT2D eigenvalue weighted by Crippen LogP contribution is 2.29. The molecule has 1 fully saturated rings. The summed E-state index contributed by atoms with van der Waals surface area (Å²) >= 11 is 0. The van der Waals surface area contributed by atoms with Crippen molar-refractivity contribution in [3.8, 4) is 5.75 Å². The highest BCUT2D eigenvalue weighted by atomic mass is 16.6. The largest absolute Gasteiger partial charge is 0.494 e. The van der Waals surface area contributed by atoms with Gasteiger partial charge in [0.15, 0.2) is 0 Å². The van der Waals surface area contributed by atoms with Crippen LogP contribution < -0.4 is 15.1 Å². The monoisotopic (exact) mass is 398 g/mol. The van der Waals surface area contributed by atoms with Gasteiger partial charge in [-0.2, -0.15) is 5.10 Å². The van der Waals surface area contributed by atoms with E-state index in [4.69, 9.17) is 9.47 Å². The van der Waals surface area contributed by atoms with Crippen LogP contribution in [0.1, 0.15) is 22.8 Å². The first kappa shape index (κ1) is 20.3.